The maximum absolute atomic E-state index is 13.1. The third-order valence-electron chi connectivity index (χ3n) is 4.74. The van der Waals surface area contributed by atoms with Crippen molar-refractivity contribution in [3.05, 3.63) is 43.2 Å². The van der Waals surface area contributed by atoms with Gasteiger partial charge in [-0.15, -0.1) is 10.2 Å². The van der Waals surface area contributed by atoms with Crippen molar-refractivity contribution in [2.75, 3.05) is 26.4 Å². The summed E-state index contributed by atoms with van der Waals surface area (Å²) in [6.07, 6.45) is 1.85. The molecular formula is C18H17Br3ClFN6O3. The van der Waals surface area contributed by atoms with Crippen LogP contribution in [0.5, 0.6) is 11.8 Å². The Balaban J connectivity index is 0.000000174. The van der Waals surface area contributed by atoms with Crippen molar-refractivity contribution in [2.45, 2.75) is 24.9 Å². The van der Waals surface area contributed by atoms with E-state index in [9.17, 15) is 4.39 Å². The van der Waals surface area contributed by atoms with E-state index >= 15 is 0 Å². The van der Waals surface area contributed by atoms with Crippen molar-refractivity contribution in [3.8, 4) is 11.8 Å². The molecule has 2 fully saturated rings. The summed E-state index contributed by atoms with van der Waals surface area (Å²) in [6.45, 7) is 2.79. The van der Waals surface area contributed by atoms with Crippen LogP contribution in [0.2, 0.25) is 5.02 Å². The highest BCUT2D eigenvalue weighted by Crippen LogP contribution is 2.30. The SMILES string of the molecule is Brc1nc(Br)n(C2CCOC2)n1.Fc1ccc(Oc2nc(Br)nn2C2CCOC2)cc1Cl. The Morgan fingerprint density at radius 3 is 2.16 bits per heavy atom. The average Bonchev–Trinajstić information content (AvgIpc) is 3.54. The minimum absolute atomic E-state index is 0.00293. The lowest BCUT2D eigenvalue weighted by molar-refractivity contribution is 0.182. The number of rotatable bonds is 4. The van der Waals surface area contributed by atoms with Gasteiger partial charge in [-0.2, -0.15) is 9.97 Å². The quantitative estimate of drug-likeness (QED) is 0.373. The Hall–Kier alpha value is -1.12. The second-order valence-electron chi connectivity index (χ2n) is 6.92. The number of ether oxygens (including phenoxy) is 3. The van der Waals surface area contributed by atoms with Gasteiger partial charge < -0.3 is 14.2 Å². The first-order valence-electron chi connectivity index (χ1n) is 9.58. The van der Waals surface area contributed by atoms with E-state index in [0.717, 1.165) is 30.8 Å². The van der Waals surface area contributed by atoms with Crippen molar-refractivity contribution in [2.24, 2.45) is 0 Å². The third kappa shape index (κ3) is 5.86. The van der Waals surface area contributed by atoms with Gasteiger partial charge in [-0.05, 0) is 72.8 Å². The van der Waals surface area contributed by atoms with Gasteiger partial charge in [0.15, 0.2) is 4.73 Å². The van der Waals surface area contributed by atoms with E-state index < -0.39 is 5.82 Å². The van der Waals surface area contributed by atoms with Crippen molar-refractivity contribution in [3.63, 3.8) is 0 Å². The summed E-state index contributed by atoms with van der Waals surface area (Å²) in [5, 5.41) is 8.42. The summed E-state index contributed by atoms with van der Waals surface area (Å²) in [6, 6.07) is 4.85. The summed E-state index contributed by atoms with van der Waals surface area (Å²) in [5.41, 5.74) is 0. The molecule has 172 valence electrons. The van der Waals surface area contributed by atoms with Crippen LogP contribution in [0.25, 0.3) is 0 Å². The Kier molecular flexibility index (Phi) is 8.16. The van der Waals surface area contributed by atoms with Gasteiger partial charge in [0.2, 0.25) is 9.47 Å². The molecule has 32 heavy (non-hydrogen) atoms. The van der Waals surface area contributed by atoms with Crippen molar-refractivity contribution in [1.82, 2.24) is 29.5 Å². The molecule has 2 aliphatic rings. The van der Waals surface area contributed by atoms with Crippen LogP contribution in [0.3, 0.4) is 0 Å². The summed E-state index contributed by atoms with van der Waals surface area (Å²) < 4.78 is 34.6. The zero-order valence-electron chi connectivity index (χ0n) is 16.4. The van der Waals surface area contributed by atoms with Gasteiger partial charge in [-0.1, -0.05) is 11.6 Å². The van der Waals surface area contributed by atoms with Crippen molar-refractivity contribution >= 4 is 59.4 Å². The molecule has 0 radical (unpaired) electrons. The fourth-order valence-corrected chi connectivity index (χ4v) is 4.79. The van der Waals surface area contributed by atoms with E-state index in [0.29, 0.717) is 40.5 Å². The highest BCUT2D eigenvalue weighted by atomic mass is 79.9. The first-order chi connectivity index (χ1) is 15.4. The van der Waals surface area contributed by atoms with E-state index in [-0.39, 0.29) is 11.1 Å². The van der Waals surface area contributed by atoms with Crippen LogP contribution >= 0.6 is 59.4 Å². The Morgan fingerprint density at radius 1 is 0.969 bits per heavy atom. The van der Waals surface area contributed by atoms with E-state index in [1.165, 1.54) is 18.2 Å². The van der Waals surface area contributed by atoms with Gasteiger partial charge in [0.25, 0.3) is 0 Å². The molecule has 2 atom stereocenters. The summed E-state index contributed by atoms with van der Waals surface area (Å²) in [7, 11) is 0. The normalized spacial score (nSPS) is 20.3. The molecule has 0 N–H and O–H groups in total. The van der Waals surface area contributed by atoms with Gasteiger partial charge in [-0.3, -0.25) is 0 Å². The number of halogens is 5. The summed E-state index contributed by atoms with van der Waals surface area (Å²) >= 11 is 15.5. The van der Waals surface area contributed by atoms with E-state index in [4.69, 9.17) is 25.8 Å². The molecule has 2 aliphatic heterocycles. The Morgan fingerprint density at radius 2 is 1.59 bits per heavy atom. The molecule has 3 aromatic rings. The zero-order valence-corrected chi connectivity index (χ0v) is 21.9. The maximum Gasteiger partial charge on any atom is 0.321 e. The lowest BCUT2D eigenvalue weighted by atomic mass is 10.3. The van der Waals surface area contributed by atoms with Gasteiger partial charge in [0.1, 0.15) is 11.6 Å². The fraction of sp³-hybridized carbons (Fsp3) is 0.444. The lowest BCUT2D eigenvalue weighted by Crippen LogP contribution is -2.11. The molecule has 4 heterocycles. The topological polar surface area (TPSA) is 89.1 Å². The summed E-state index contributed by atoms with van der Waals surface area (Å²) in [4.78, 5) is 8.24. The molecule has 0 saturated carbocycles. The Labute approximate surface area is 213 Å². The molecule has 0 bridgehead atoms. The second kappa shape index (κ2) is 10.9. The van der Waals surface area contributed by atoms with Gasteiger partial charge >= 0.3 is 6.01 Å². The van der Waals surface area contributed by atoms with Crippen LogP contribution in [0.15, 0.2) is 32.4 Å². The molecule has 2 aromatic heterocycles. The number of nitrogens with zero attached hydrogens (tertiary/aromatic N) is 6. The fourth-order valence-electron chi connectivity index (χ4n) is 3.18. The smallest absolute Gasteiger partial charge is 0.321 e. The number of benzene rings is 1. The van der Waals surface area contributed by atoms with Gasteiger partial charge in [0.05, 0.1) is 30.3 Å². The van der Waals surface area contributed by atoms with Crippen LogP contribution in [-0.2, 0) is 9.47 Å². The zero-order chi connectivity index (χ0) is 22.7. The van der Waals surface area contributed by atoms with Crippen LogP contribution in [-0.4, -0.2) is 56.0 Å². The molecule has 5 rings (SSSR count). The van der Waals surface area contributed by atoms with Crippen molar-refractivity contribution < 1.29 is 18.6 Å². The molecule has 0 amide bonds. The molecule has 9 nitrogen and oxygen atoms in total. The van der Waals surface area contributed by atoms with Crippen LogP contribution in [0, 0.1) is 5.82 Å². The van der Waals surface area contributed by atoms with Crippen LogP contribution in [0.1, 0.15) is 24.9 Å². The minimum atomic E-state index is -0.495. The maximum atomic E-state index is 13.1. The van der Waals surface area contributed by atoms with Crippen molar-refractivity contribution in [1.29, 1.82) is 0 Å². The van der Waals surface area contributed by atoms with E-state index in [2.05, 4.69) is 68.0 Å². The van der Waals surface area contributed by atoms with Gasteiger partial charge in [-0.25, -0.2) is 13.8 Å². The highest BCUT2D eigenvalue weighted by Gasteiger charge is 2.24. The molecule has 1 aromatic carbocycles. The largest absolute Gasteiger partial charge is 0.424 e. The Bertz CT molecular complexity index is 1070. The van der Waals surface area contributed by atoms with Gasteiger partial charge in [0, 0.05) is 19.3 Å². The highest BCUT2D eigenvalue weighted by molar-refractivity contribution is 9.11. The first kappa shape index (κ1) is 24.0. The monoisotopic (exact) mass is 656 g/mol. The minimum Gasteiger partial charge on any atom is -0.424 e. The predicted octanol–water partition coefficient (Wildman–Crippen LogP) is 5.35. The number of aromatic nitrogens is 6. The lowest BCUT2D eigenvalue weighted by Gasteiger charge is -2.11. The number of hydrogen-bond donors (Lipinski definition) is 0. The van der Waals surface area contributed by atoms with Crippen LogP contribution < -0.4 is 4.74 Å². The standard InChI is InChI=1S/C12H10BrClFN3O2.C6H7Br2N3O/c13-11-16-12(18(17-11)7-3-4-19-6-7)20-8-1-2-10(15)9(14)5-8;7-5-9-6(8)11(10-5)4-1-2-12-3-4/h1-2,5,7H,3-4,6H2;4H,1-3H2. The number of hydrogen-bond acceptors (Lipinski definition) is 7. The third-order valence-corrected chi connectivity index (χ3v) is 6.24. The van der Waals surface area contributed by atoms with E-state index in [1.54, 1.807) is 4.68 Å². The van der Waals surface area contributed by atoms with Crippen LogP contribution in [0.4, 0.5) is 4.39 Å². The molecule has 0 aliphatic carbocycles. The molecule has 14 heteroatoms. The second-order valence-corrected chi connectivity index (χ2v) is 9.45. The van der Waals surface area contributed by atoms with E-state index in [1.807, 2.05) is 4.68 Å². The predicted molar refractivity (Wildman–Crippen MR) is 124 cm³/mol. The average molecular weight is 660 g/mol. The molecule has 2 unspecified atom stereocenters. The molecule has 0 spiro atoms. The summed E-state index contributed by atoms with van der Waals surface area (Å²) in [5.74, 6) is -0.0951. The molecular weight excluding hydrogens is 642 g/mol. The molecule has 2 saturated heterocycles. The first-order valence-corrected chi connectivity index (χ1v) is 12.3.